The predicted molar refractivity (Wildman–Crippen MR) is 72.3 cm³/mol. The lowest BCUT2D eigenvalue weighted by Crippen LogP contribution is -2.43. The van der Waals surface area contributed by atoms with Gasteiger partial charge < -0.3 is 10.0 Å². The van der Waals surface area contributed by atoms with Crippen LogP contribution in [0, 0.1) is 22.7 Å². The van der Waals surface area contributed by atoms with Crippen molar-refractivity contribution in [3.8, 4) is 6.07 Å². The number of amides is 1. The number of nitriles is 1. The van der Waals surface area contributed by atoms with Crippen LogP contribution in [0.4, 0.5) is 0 Å². The van der Waals surface area contributed by atoms with Crippen LogP contribution in [0.3, 0.4) is 0 Å². The summed E-state index contributed by atoms with van der Waals surface area (Å²) in [5.41, 5.74) is -1.07. The van der Waals surface area contributed by atoms with Crippen molar-refractivity contribution in [2.24, 2.45) is 11.3 Å². The van der Waals surface area contributed by atoms with Gasteiger partial charge in [-0.25, -0.2) is 0 Å². The van der Waals surface area contributed by atoms with E-state index < -0.39 is 11.4 Å². The molecular weight excluding hydrogens is 244 g/mol. The van der Waals surface area contributed by atoms with Crippen molar-refractivity contribution in [2.45, 2.75) is 53.5 Å². The number of carboxylic acids is 1. The number of aliphatic carboxylic acids is 1. The molecule has 1 atom stereocenters. The van der Waals surface area contributed by atoms with Crippen molar-refractivity contribution in [2.75, 3.05) is 6.54 Å². The molecule has 5 heteroatoms. The van der Waals surface area contributed by atoms with E-state index in [9.17, 15) is 14.7 Å². The van der Waals surface area contributed by atoms with Gasteiger partial charge in [0.25, 0.3) is 0 Å². The van der Waals surface area contributed by atoms with Crippen molar-refractivity contribution in [3.63, 3.8) is 0 Å². The lowest BCUT2D eigenvalue weighted by molar-refractivity contribution is -0.156. The van der Waals surface area contributed by atoms with Crippen LogP contribution in [0.25, 0.3) is 0 Å². The number of nitrogens with zero attached hydrogens (tertiary/aromatic N) is 2. The van der Waals surface area contributed by atoms with Crippen LogP contribution in [0.1, 0.15) is 47.5 Å². The molecule has 5 nitrogen and oxygen atoms in total. The first-order chi connectivity index (χ1) is 8.66. The van der Waals surface area contributed by atoms with Gasteiger partial charge in [-0.3, -0.25) is 9.59 Å². The highest BCUT2D eigenvalue weighted by Crippen LogP contribution is 2.32. The molecule has 0 aliphatic rings. The maximum Gasteiger partial charge on any atom is 0.310 e. The highest BCUT2D eigenvalue weighted by atomic mass is 16.4. The molecule has 1 amide bonds. The Morgan fingerprint density at radius 1 is 1.32 bits per heavy atom. The number of rotatable bonds is 7. The molecule has 0 bridgehead atoms. The van der Waals surface area contributed by atoms with E-state index in [2.05, 4.69) is 0 Å². The number of hydrogen-bond donors (Lipinski definition) is 1. The number of hydrogen-bond acceptors (Lipinski definition) is 3. The molecule has 0 aliphatic heterocycles. The quantitative estimate of drug-likeness (QED) is 0.768. The minimum atomic E-state index is -1.07. The normalized spacial score (nSPS) is 14.0. The summed E-state index contributed by atoms with van der Waals surface area (Å²) >= 11 is 0. The van der Waals surface area contributed by atoms with Crippen LogP contribution < -0.4 is 0 Å². The molecule has 0 aromatic rings. The van der Waals surface area contributed by atoms with Crippen molar-refractivity contribution >= 4 is 11.9 Å². The Balaban J connectivity index is 4.98. The standard InChI is InChI=1S/C14H24N2O3/c1-10(2)14(5,13(18)19)9-12(17)16(11(3)4)8-6-7-15/h10-11H,6,8-9H2,1-5H3,(H,18,19). The van der Waals surface area contributed by atoms with Crippen molar-refractivity contribution in [1.82, 2.24) is 4.90 Å². The van der Waals surface area contributed by atoms with Gasteiger partial charge in [-0.1, -0.05) is 13.8 Å². The van der Waals surface area contributed by atoms with Crippen LogP contribution >= 0.6 is 0 Å². The molecule has 19 heavy (non-hydrogen) atoms. The van der Waals surface area contributed by atoms with E-state index in [1.165, 1.54) is 0 Å². The van der Waals surface area contributed by atoms with Crippen LogP contribution in [0.15, 0.2) is 0 Å². The average molecular weight is 268 g/mol. The Hall–Kier alpha value is -1.57. The Labute approximate surface area is 115 Å². The summed E-state index contributed by atoms with van der Waals surface area (Å²) in [4.78, 5) is 25.2. The minimum absolute atomic E-state index is 0.0361. The summed E-state index contributed by atoms with van der Waals surface area (Å²) in [5.74, 6) is -1.30. The predicted octanol–water partition coefficient (Wildman–Crippen LogP) is 2.27. The third kappa shape index (κ3) is 4.55. The average Bonchev–Trinajstić information content (AvgIpc) is 2.28. The summed E-state index contributed by atoms with van der Waals surface area (Å²) < 4.78 is 0. The molecule has 108 valence electrons. The second kappa shape index (κ2) is 7.13. The zero-order chi connectivity index (χ0) is 15.2. The van der Waals surface area contributed by atoms with Crippen molar-refractivity contribution in [3.05, 3.63) is 0 Å². The first kappa shape index (κ1) is 17.4. The van der Waals surface area contributed by atoms with E-state index in [-0.39, 0.29) is 30.7 Å². The lowest BCUT2D eigenvalue weighted by Gasteiger charge is -2.33. The van der Waals surface area contributed by atoms with Gasteiger partial charge in [-0.05, 0) is 26.7 Å². The zero-order valence-electron chi connectivity index (χ0n) is 12.4. The number of carboxylic acid groups (broad SMARTS) is 1. The summed E-state index contributed by atoms with van der Waals surface area (Å²) in [6, 6.07) is 1.97. The van der Waals surface area contributed by atoms with Gasteiger partial charge in [0.15, 0.2) is 0 Å². The second-order valence-corrected chi connectivity index (χ2v) is 5.64. The molecule has 0 saturated carbocycles. The maximum absolute atomic E-state index is 12.3. The summed E-state index contributed by atoms with van der Waals surface area (Å²) in [5, 5.41) is 17.9. The summed E-state index contributed by atoms with van der Waals surface area (Å²) in [7, 11) is 0. The van der Waals surface area contributed by atoms with E-state index >= 15 is 0 Å². The highest BCUT2D eigenvalue weighted by Gasteiger charge is 2.40. The Morgan fingerprint density at radius 2 is 1.84 bits per heavy atom. The molecule has 0 saturated heterocycles. The Morgan fingerprint density at radius 3 is 2.16 bits per heavy atom. The zero-order valence-corrected chi connectivity index (χ0v) is 12.4. The van der Waals surface area contributed by atoms with E-state index in [4.69, 9.17) is 5.26 Å². The van der Waals surface area contributed by atoms with Crippen molar-refractivity contribution < 1.29 is 14.7 Å². The molecule has 0 aromatic heterocycles. The highest BCUT2D eigenvalue weighted by molar-refractivity contribution is 5.85. The lowest BCUT2D eigenvalue weighted by atomic mass is 9.76. The molecule has 0 spiro atoms. The smallest absolute Gasteiger partial charge is 0.310 e. The van der Waals surface area contributed by atoms with E-state index in [0.29, 0.717) is 6.54 Å². The SMILES string of the molecule is CC(C)N(CCC#N)C(=O)CC(C)(C(=O)O)C(C)C. The molecule has 1 unspecified atom stereocenters. The first-order valence-electron chi connectivity index (χ1n) is 6.56. The molecule has 0 heterocycles. The molecule has 0 aliphatic carbocycles. The fourth-order valence-corrected chi connectivity index (χ4v) is 1.78. The van der Waals surface area contributed by atoms with Gasteiger partial charge in [0, 0.05) is 19.0 Å². The molecule has 0 rings (SSSR count). The Bertz CT molecular complexity index is 371. The van der Waals surface area contributed by atoms with E-state index in [0.717, 1.165) is 0 Å². The van der Waals surface area contributed by atoms with Gasteiger partial charge in [0.2, 0.25) is 5.91 Å². The van der Waals surface area contributed by atoms with Crippen LogP contribution in [-0.4, -0.2) is 34.5 Å². The second-order valence-electron chi connectivity index (χ2n) is 5.64. The monoisotopic (exact) mass is 268 g/mol. The number of carbonyl (C=O) groups is 2. The molecular formula is C14H24N2O3. The fourth-order valence-electron chi connectivity index (χ4n) is 1.78. The molecule has 1 N–H and O–H groups in total. The third-order valence-electron chi connectivity index (χ3n) is 3.69. The molecule has 0 aromatic carbocycles. The van der Waals surface area contributed by atoms with Gasteiger partial charge in [-0.2, -0.15) is 5.26 Å². The Kier molecular flexibility index (Phi) is 6.54. The van der Waals surface area contributed by atoms with Crippen LogP contribution in [-0.2, 0) is 9.59 Å². The largest absolute Gasteiger partial charge is 0.481 e. The maximum atomic E-state index is 12.3. The fraction of sp³-hybridized carbons (Fsp3) is 0.786. The van der Waals surface area contributed by atoms with Gasteiger partial charge in [0.05, 0.1) is 17.9 Å². The summed E-state index contributed by atoms with van der Waals surface area (Å²) in [6.45, 7) is 9.28. The topological polar surface area (TPSA) is 81.4 Å². The van der Waals surface area contributed by atoms with E-state index in [1.54, 1.807) is 25.7 Å². The van der Waals surface area contributed by atoms with Crippen LogP contribution in [0.2, 0.25) is 0 Å². The van der Waals surface area contributed by atoms with Crippen LogP contribution in [0.5, 0.6) is 0 Å². The van der Waals surface area contributed by atoms with Gasteiger partial charge in [-0.15, -0.1) is 0 Å². The third-order valence-corrected chi connectivity index (χ3v) is 3.69. The molecule has 0 fully saturated rings. The number of carbonyl (C=O) groups excluding carboxylic acids is 1. The molecule has 0 radical (unpaired) electrons. The van der Waals surface area contributed by atoms with E-state index in [1.807, 2.05) is 19.9 Å². The van der Waals surface area contributed by atoms with Crippen molar-refractivity contribution in [1.29, 1.82) is 5.26 Å². The minimum Gasteiger partial charge on any atom is -0.481 e. The van der Waals surface area contributed by atoms with Gasteiger partial charge >= 0.3 is 5.97 Å². The van der Waals surface area contributed by atoms with Gasteiger partial charge in [0.1, 0.15) is 0 Å². The summed E-state index contributed by atoms with van der Waals surface area (Å²) in [6.07, 6.45) is 0.221. The first-order valence-corrected chi connectivity index (χ1v) is 6.56.